The van der Waals surface area contributed by atoms with Crippen LogP contribution in [-0.4, -0.2) is 42.3 Å². The molecule has 0 spiro atoms. The van der Waals surface area contributed by atoms with Crippen molar-refractivity contribution in [1.29, 1.82) is 0 Å². The lowest BCUT2D eigenvalue weighted by molar-refractivity contribution is -0.150. The van der Waals surface area contributed by atoms with Gasteiger partial charge in [-0.3, -0.25) is 14.4 Å². The summed E-state index contributed by atoms with van der Waals surface area (Å²) in [6.45, 7) is 1.02. The predicted molar refractivity (Wildman–Crippen MR) is 89.2 cm³/mol. The zero-order chi connectivity index (χ0) is 17.7. The van der Waals surface area contributed by atoms with Gasteiger partial charge in [-0.1, -0.05) is 30.3 Å². The fourth-order valence-corrected chi connectivity index (χ4v) is 3.32. The summed E-state index contributed by atoms with van der Waals surface area (Å²) in [6.07, 6.45) is 2.80. The van der Waals surface area contributed by atoms with Crippen molar-refractivity contribution in [3.63, 3.8) is 0 Å². The first-order chi connectivity index (χ1) is 12.1. The molecular formula is C18H24N2O5. The average Bonchev–Trinajstić information content (AvgIpc) is 3.16. The first-order valence-electron chi connectivity index (χ1n) is 8.69. The molecular weight excluding hydrogens is 324 g/mol. The lowest BCUT2D eigenvalue weighted by atomic mass is 9.78. The largest absolute Gasteiger partial charge is 0.385 e. The summed E-state index contributed by atoms with van der Waals surface area (Å²) in [5.74, 6) is -1.52. The molecule has 1 aromatic rings. The highest BCUT2D eigenvalue weighted by atomic mass is 16.7. The lowest BCUT2D eigenvalue weighted by Crippen LogP contribution is -2.48. The number of ether oxygens (including phenoxy) is 1. The summed E-state index contributed by atoms with van der Waals surface area (Å²) >= 11 is 0. The molecule has 1 saturated heterocycles. The van der Waals surface area contributed by atoms with Gasteiger partial charge in [-0.05, 0) is 31.2 Å². The van der Waals surface area contributed by atoms with Crippen molar-refractivity contribution in [3.8, 4) is 0 Å². The Balaban J connectivity index is 1.43. The van der Waals surface area contributed by atoms with Crippen LogP contribution in [0, 0.1) is 0 Å². The molecule has 2 amide bonds. The smallest absolute Gasteiger partial charge is 0.332 e. The molecule has 2 aliphatic rings. The highest BCUT2D eigenvalue weighted by Gasteiger charge is 2.35. The van der Waals surface area contributed by atoms with E-state index in [0.717, 1.165) is 5.56 Å². The third kappa shape index (κ3) is 4.56. The first-order valence-corrected chi connectivity index (χ1v) is 8.69. The van der Waals surface area contributed by atoms with Crippen LogP contribution in [0.2, 0.25) is 0 Å². The summed E-state index contributed by atoms with van der Waals surface area (Å²) in [4.78, 5) is 28.9. The van der Waals surface area contributed by atoms with Gasteiger partial charge in [0.05, 0.1) is 12.2 Å². The molecule has 1 aliphatic carbocycles. The zero-order valence-electron chi connectivity index (χ0n) is 14.1. The van der Waals surface area contributed by atoms with E-state index in [1.165, 1.54) is 0 Å². The number of benzene rings is 1. The fraction of sp³-hybridized carbons (Fsp3) is 0.556. The normalized spacial score (nSPS) is 29.2. The Labute approximate surface area is 146 Å². The lowest BCUT2D eigenvalue weighted by Gasteiger charge is -2.36. The van der Waals surface area contributed by atoms with E-state index in [0.29, 0.717) is 45.3 Å². The Morgan fingerprint density at radius 2 is 1.84 bits per heavy atom. The summed E-state index contributed by atoms with van der Waals surface area (Å²) < 4.78 is 5.13. The standard InChI is InChI=1S/C18H24N2O5/c21-16(17(22)20-25-15-8-11-24-12-15)19-14-6-9-18(23,10-7-14)13-4-2-1-3-5-13/h1-5,14-15,23H,6-12H2,(H,19,21)(H,20,22). The number of carbonyl (C=O) groups is 2. The van der Waals surface area contributed by atoms with E-state index >= 15 is 0 Å². The van der Waals surface area contributed by atoms with E-state index in [1.54, 1.807) is 0 Å². The number of amides is 2. The van der Waals surface area contributed by atoms with Crippen LogP contribution < -0.4 is 10.8 Å². The van der Waals surface area contributed by atoms with E-state index in [-0.39, 0.29) is 12.1 Å². The average molecular weight is 348 g/mol. The summed E-state index contributed by atoms with van der Waals surface area (Å²) in [5, 5.41) is 13.5. The summed E-state index contributed by atoms with van der Waals surface area (Å²) in [6, 6.07) is 9.42. The minimum absolute atomic E-state index is 0.128. The number of aliphatic hydroxyl groups is 1. The van der Waals surface area contributed by atoms with Crippen LogP contribution in [0.1, 0.15) is 37.7 Å². The topological polar surface area (TPSA) is 96.9 Å². The molecule has 1 aromatic carbocycles. The molecule has 1 saturated carbocycles. The molecule has 7 heteroatoms. The third-order valence-corrected chi connectivity index (χ3v) is 4.87. The maximum absolute atomic E-state index is 12.0. The minimum atomic E-state index is -0.865. The van der Waals surface area contributed by atoms with Crippen molar-refractivity contribution in [2.24, 2.45) is 0 Å². The van der Waals surface area contributed by atoms with Gasteiger partial charge in [-0.15, -0.1) is 0 Å². The van der Waals surface area contributed by atoms with Crippen LogP contribution in [0.4, 0.5) is 0 Å². The van der Waals surface area contributed by atoms with Crippen molar-refractivity contribution < 1.29 is 24.3 Å². The second-order valence-electron chi connectivity index (χ2n) is 6.68. The maximum atomic E-state index is 12.0. The van der Waals surface area contributed by atoms with Crippen LogP contribution in [0.15, 0.2) is 30.3 Å². The predicted octanol–water partition coefficient (Wildman–Crippen LogP) is 0.770. The zero-order valence-corrected chi connectivity index (χ0v) is 14.1. The molecule has 1 aliphatic heterocycles. The van der Waals surface area contributed by atoms with Crippen LogP contribution in [0.25, 0.3) is 0 Å². The Morgan fingerprint density at radius 3 is 2.48 bits per heavy atom. The van der Waals surface area contributed by atoms with Gasteiger partial charge in [0.1, 0.15) is 6.10 Å². The first kappa shape index (κ1) is 17.8. The van der Waals surface area contributed by atoms with E-state index in [4.69, 9.17) is 9.57 Å². The van der Waals surface area contributed by atoms with Crippen LogP contribution >= 0.6 is 0 Å². The minimum Gasteiger partial charge on any atom is -0.385 e. The number of nitrogens with one attached hydrogen (secondary N) is 2. The molecule has 1 heterocycles. The van der Waals surface area contributed by atoms with Crippen molar-refractivity contribution >= 4 is 11.8 Å². The molecule has 0 radical (unpaired) electrons. The summed E-state index contributed by atoms with van der Waals surface area (Å²) in [7, 11) is 0. The number of hydrogen-bond acceptors (Lipinski definition) is 5. The molecule has 0 aromatic heterocycles. The Kier molecular flexibility index (Phi) is 5.67. The van der Waals surface area contributed by atoms with Crippen LogP contribution in [0.5, 0.6) is 0 Å². The maximum Gasteiger partial charge on any atom is 0.332 e. The van der Waals surface area contributed by atoms with Crippen molar-refractivity contribution in [2.45, 2.75) is 49.9 Å². The van der Waals surface area contributed by atoms with E-state index in [2.05, 4.69) is 10.8 Å². The second-order valence-corrected chi connectivity index (χ2v) is 6.68. The number of carbonyl (C=O) groups excluding carboxylic acids is 2. The fourth-order valence-electron chi connectivity index (χ4n) is 3.32. The van der Waals surface area contributed by atoms with Crippen molar-refractivity contribution in [3.05, 3.63) is 35.9 Å². The Bertz CT molecular complexity index is 593. The Hall–Kier alpha value is -1.96. The molecule has 136 valence electrons. The van der Waals surface area contributed by atoms with Gasteiger partial charge < -0.3 is 15.2 Å². The molecule has 7 nitrogen and oxygen atoms in total. The van der Waals surface area contributed by atoms with Gasteiger partial charge in [0.2, 0.25) is 0 Å². The SMILES string of the molecule is O=C(NOC1CCOC1)C(=O)NC1CCC(O)(c2ccccc2)CC1. The highest BCUT2D eigenvalue weighted by molar-refractivity contribution is 6.34. The number of hydroxylamine groups is 1. The monoisotopic (exact) mass is 348 g/mol. The molecule has 25 heavy (non-hydrogen) atoms. The number of hydrogen-bond donors (Lipinski definition) is 3. The molecule has 3 N–H and O–H groups in total. The van der Waals surface area contributed by atoms with Gasteiger partial charge in [0.15, 0.2) is 0 Å². The highest BCUT2D eigenvalue weighted by Crippen LogP contribution is 2.36. The van der Waals surface area contributed by atoms with E-state index in [9.17, 15) is 14.7 Å². The van der Waals surface area contributed by atoms with Crippen molar-refractivity contribution in [2.75, 3.05) is 13.2 Å². The van der Waals surface area contributed by atoms with E-state index < -0.39 is 17.4 Å². The van der Waals surface area contributed by atoms with Gasteiger partial charge in [0.25, 0.3) is 0 Å². The van der Waals surface area contributed by atoms with Gasteiger partial charge in [0, 0.05) is 19.1 Å². The van der Waals surface area contributed by atoms with Gasteiger partial charge in [-0.25, -0.2) is 5.48 Å². The van der Waals surface area contributed by atoms with E-state index in [1.807, 2.05) is 30.3 Å². The molecule has 1 unspecified atom stereocenters. The molecule has 0 bridgehead atoms. The number of rotatable bonds is 4. The molecule has 1 atom stereocenters. The Morgan fingerprint density at radius 1 is 1.12 bits per heavy atom. The van der Waals surface area contributed by atoms with Gasteiger partial charge >= 0.3 is 11.8 Å². The molecule has 2 fully saturated rings. The van der Waals surface area contributed by atoms with Crippen molar-refractivity contribution in [1.82, 2.24) is 10.8 Å². The molecule has 3 rings (SSSR count). The second kappa shape index (κ2) is 7.95. The summed E-state index contributed by atoms with van der Waals surface area (Å²) in [5.41, 5.74) is 2.20. The quantitative estimate of drug-likeness (QED) is 0.552. The van der Waals surface area contributed by atoms with Crippen LogP contribution in [-0.2, 0) is 24.8 Å². The van der Waals surface area contributed by atoms with Crippen LogP contribution in [0.3, 0.4) is 0 Å². The van der Waals surface area contributed by atoms with Gasteiger partial charge in [-0.2, -0.15) is 0 Å². The third-order valence-electron chi connectivity index (χ3n) is 4.87.